The summed E-state index contributed by atoms with van der Waals surface area (Å²) in [6.45, 7) is 0.669. The number of nitrogens with zero attached hydrogens (tertiary/aromatic N) is 1. The summed E-state index contributed by atoms with van der Waals surface area (Å²) >= 11 is 0. The number of amides is 2. The van der Waals surface area contributed by atoms with Gasteiger partial charge in [0, 0.05) is 24.6 Å². The lowest BCUT2D eigenvalue weighted by Crippen LogP contribution is -2.25. The van der Waals surface area contributed by atoms with Crippen LogP contribution in [0.5, 0.6) is 11.5 Å². The van der Waals surface area contributed by atoms with Crippen LogP contribution in [0.4, 0.5) is 11.4 Å². The molecular formula is C21H22N2O4. The second kappa shape index (κ2) is 8.40. The van der Waals surface area contributed by atoms with Gasteiger partial charge in [-0.25, -0.2) is 0 Å². The second-order valence-corrected chi connectivity index (χ2v) is 6.10. The highest BCUT2D eigenvalue weighted by Gasteiger charge is 2.23. The highest BCUT2D eigenvalue weighted by molar-refractivity contribution is 6.06. The first-order valence-electron chi connectivity index (χ1n) is 8.73. The van der Waals surface area contributed by atoms with Gasteiger partial charge < -0.3 is 19.7 Å². The quantitative estimate of drug-likeness (QED) is 0.795. The third-order valence-corrected chi connectivity index (χ3v) is 4.38. The number of rotatable bonds is 6. The molecule has 0 radical (unpaired) electrons. The van der Waals surface area contributed by atoms with Crippen LogP contribution >= 0.6 is 0 Å². The summed E-state index contributed by atoms with van der Waals surface area (Å²) in [6, 6.07) is 12.7. The third kappa shape index (κ3) is 4.28. The van der Waals surface area contributed by atoms with Crippen molar-refractivity contribution in [2.75, 3.05) is 31.0 Å². The molecule has 0 atom stereocenters. The zero-order valence-electron chi connectivity index (χ0n) is 15.4. The minimum atomic E-state index is -0.293. The van der Waals surface area contributed by atoms with Gasteiger partial charge in [-0.1, -0.05) is 12.1 Å². The van der Waals surface area contributed by atoms with E-state index in [0.717, 1.165) is 17.7 Å². The number of ether oxygens (including phenoxy) is 2. The fourth-order valence-corrected chi connectivity index (χ4v) is 3.03. The van der Waals surface area contributed by atoms with Gasteiger partial charge in [0.15, 0.2) is 0 Å². The fourth-order valence-electron chi connectivity index (χ4n) is 3.03. The maximum atomic E-state index is 12.4. The monoisotopic (exact) mass is 366 g/mol. The van der Waals surface area contributed by atoms with Gasteiger partial charge in [-0.2, -0.15) is 0 Å². The van der Waals surface area contributed by atoms with Crippen molar-refractivity contribution in [2.24, 2.45) is 0 Å². The normalized spacial score (nSPS) is 13.9. The van der Waals surface area contributed by atoms with Gasteiger partial charge in [-0.15, -0.1) is 0 Å². The lowest BCUT2D eigenvalue weighted by atomic mass is 10.1. The van der Waals surface area contributed by atoms with Gasteiger partial charge in [0.25, 0.3) is 0 Å². The van der Waals surface area contributed by atoms with E-state index in [1.54, 1.807) is 49.5 Å². The van der Waals surface area contributed by atoms with E-state index < -0.39 is 0 Å². The molecule has 0 aliphatic carbocycles. The van der Waals surface area contributed by atoms with Crippen molar-refractivity contribution in [3.63, 3.8) is 0 Å². The number of anilines is 2. The van der Waals surface area contributed by atoms with Crippen LogP contribution in [0, 0.1) is 0 Å². The molecule has 140 valence electrons. The van der Waals surface area contributed by atoms with E-state index in [1.807, 2.05) is 18.2 Å². The lowest BCUT2D eigenvalue weighted by molar-refractivity contribution is -0.117. The van der Waals surface area contributed by atoms with Gasteiger partial charge in [-0.05, 0) is 42.8 Å². The van der Waals surface area contributed by atoms with E-state index in [1.165, 1.54) is 6.08 Å². The molecule has 1 N–H and O–H groups in total. The first kappa shape index (κ1) is 18.5. The molecule has 0 aromatic heterocycles. The molecule has 1 aliphatic heterocycles. The van der Waals surface area contributed by atoms with E-state index in [4.69, 9.17) is 9.47 Å². The predicted octanol–water partition coefficient (Wildman–Crippen LogP) is 3.48. The van der Waals surface area contributed by atoms with Crippen LogP contribution in [-0.2, 0) is 9.59 Å². The van der Waals surface area contributed by atoms with Gasteiger partial charge in [0.2, 0.25) is 11.8 Å². The van der Waals surface area contributed by atoms with Crippen LogP contribution in [0.15, 0.2) is 48.5 Å². The Hall–Kier alpha value is -3.28. The summed E-state index contributed by atoms with van der Waals surface area (Å²) in [5.41, 5.74) is 2.07. The number of benzene rings is 2. The van der Waals surface area contributed by atoms with E-state index in [0.29, 0.717) is 30.2 Å². The largest absolute Gasteiger partial charge is 0.497 e. The number of hydrogen-bond acceptors (Lipinski definition) is 4. The zero-order chi connectivity index (χ0) is 19.2. The molecular weight excluding hydrogens is 344 g/mol. The highest BCUT2D eigenvalue weighted by atomic mass is 16.5. The Morgan fingerprint density at radius 1 is 1.15 bits per heavy atom. The van der Waals surface area contributed by atoms with Crippen LogP contribution in [0.3, 0.4) is 0 Å². The Bertz CT molecular complexity index is 876. The molecule has 3 rings (SSSR count). The van der Waals surface area contributed by atoms with Crippen molar-refractivity contribution in [3.05, 3.63) is 54.1 Å². The highest BCUT2D eigenvalue weighted by Crippen LogP contribution is 2.29. The van der Waals surface area contributed by atoms with Gasteiger partial charge in [-0.3, -0.25) is 9.59 Å². The van der Waals surface area contributed by atoms with E-state index in [2.05, 4.69) is 5.32 Å². The van der Waals surface area contributed by atoms with Crippen molar-refractivity contribution >= 4 is 29.3 Å². The van der Waals surface area contributed by atoms with E-state index in [-0.39, 0.29) is 11.8 Å². The summed E-state index contributed by atoms with van der Waals surface area (Å²) in [5, 5.41) is 2.85. The Balaban J connectivity index is 1.77. The van der Waals surface area contributed by atoms with Gasteiger partial charge in [0.05, 0.1) is 25.6 Å². The molecule has 2 aromatic carbocycles. The van der Waals surface area contributed by atoms with Crippen molar-refractivity contribution in [1.82, 2.24) is 0 Å². The molecule has 0 bridgehead atoms. The third-order valence-electron chi connectivity index (χ3n) is 4.38. The maximum Gasteiger partial charge on any atom is 0.248 e. The maximum absolute atomic E-state index is 12.4. The summed E-state index contributed by atoms with van der Waals surface area (Å²) in [5.74, 6) is 1.10. The van der Waals surface area contributed by atoms with E-state index in [9.17, 15) is 9.59 Å². The SMILES string of the molecule is COc1ccc(OC)c(/C=C/C(=O)Nc2ccccc2N2CCCC2=O)c1. The standard InChI is InChI=1S/C21H22N2O4/c1-26-16-10-11-19(27-2)15(14-16)9-12-20(24)22-17-6-3-4-7-18(17)23-13-5-8-21(23)25/h3-4,6-7,9-12,14H,5,8,13H2,1-2H3,(H,22,24)/b12-9+. The Labute approximate surface area is 158 Å². The average molecular weight is 366 g/mol. The van der Waals surface area contributed by atoms with Crippen LogP contribution in [0.25, 0.3) is 6.08 Å². The smallest absolute Gasteiger partial charge is 0.248 e. The van der Waals surface area contributed by atoms with Crippen molar-refractivity contribution in [1.29, 1.82) is 0 Å². The molecule has 6 heteroatoms. The Kier molecular flexibility index (Phi) is 5.76. The fraction of sp³-hybridized carbons (Fsp3) is 0.238. The van der Waals surface area contributed by atoms with Crippen LogP contribution < -0.4 is 19.7 Å². The molecule has 1 heterocycles. The Morgan fingerprint density at radius 3 is 2.67 bits per heavy atom. The van der Waals surface area contributed by atoms with Crippen molar-refractivity contribution in [2.45, 2.75) is 12.8 Å². The Morgan fingerprint density at radius 2 is 1.96 bits per heavy atom. The van der Waals surface area contributed by atoms with Crippen LogP contribution in [0.2, 0.25) is 0 Å². The van der Waals surface area contributed by atoms with Crippen LogP contribution in [-0.4, -0.2) is 32.6 Å². The van der Waals surface area contributed by atoms with Gasteiger partial charge >= 0.3 is 0 Å². The van der Waals surface area contributed by atoms with Gasteiger partial charge in [0.1, 0.15) is 11.5 Å². The summed E-state index contributed by atoms with van der Waals surface area (Å²) in [6.07, 6.45) is 4.47. The average Bonchev–Trinajstić information content (AvgIpc) is 3.12. The molecule has 27 heavy (non-hydrogen) atoms. The topological polar surface area (TPSA) is 67.9 Å². The zero-order valence-corrected chi connectivity index (χ0v) is 15.4. The number of para-hydroxylation sites is 2. The molecule has 1 fully saturated rings. The summed E-state index contributed by atoms with van der Waals surface area (Å²) < 4.78 is 10.5. The second-order valence-electron chi connectivity index (χ2n) is 6.10. The van der Waals surface area contributed by atoms with E-state index >= 15 is 0 Å². The molecule has 6 nitrogen and oxygen atoms in total. The molecule has 0 saturated carbocycles. The first-order chi connectivity index (χ1) is 13.1. The lowest BCUT2D eigenvalue weighted by Gasteiger charge is -2.19. The number of methoxy groups -OCH3 is 2. The summed E-state index contributed by atoms with van der Waals surface area (Å²) in [7, 11) is 3.15. The van der Waals surface area contributed by atoms with Crippen molar-refractivity contribution < 1.29 is 19.1 Å². The molecule has 0 unspecified atom stereocenters. The number of hydrogen-bond donors (Lipinski definition) is 1. The summed E-state index contributed by atoms with van der Waals surface area (Å²) in [4.78, 5) is 26.2. The van der Waals surface area contributed by atoms with Crippen molar-refractivity contribution in [3.8, 4) is 11.5 Å². The molecule has 2 aromatic rings. The molecule has 1 saturated heterocycles. The number of carbonyl (C=O) groups is 2. The number of nitrogens with one attached hydrogen (secondary N) is 1. The minimum Gasteiger partial charge on any atom is -0.497 e. The van der Waals surface area contributed by atoms with Crippen LogP contribution in [0.1, 0.15) is 18.4 Å². The predicted molar refractivity (Wildman–Crippen MR) is 105 cm³/mol. The molecule has 2 amide bonds. The minimum absolute atomic E-state index is 0.0772. The molecule has 1 aliphatic rings. The first-order valence-corrected chi connectivity index (χ1v) is 8.73. The molecule has 0 spiro atoms. The number of carbonyl (C=O) groups excluding carboxylic acids is 2.